The van der Waals surface area contributed by atoms with Crippen molar-refractivity contribution < 1.29 is 9.53 Å². The minimum atomic E-state index is -0.0883. The summed E-state index contributed by atoms with van der Waals surface area (Å²) >= 11 is 0. The number of carbonyl (C=O) groups is 1. The Bertz CT molecular complexity index is 888. The number of pyridine rings is 1. The lowest BCUT2D eigenvalue weighted by Gasteiger charge is -2.22. The Labute approximate surface area is 166 Å². The molecule has 0 bridgehead atoms. The summed E-state index contributed by atoms with van der Waals surface area (Å²) in [6, 6.07) is 21.2. The minimum absolute atomic E-state index is 0.0883. The fraction of sp³-hybridized carbons (Fsp3) is 0.250. The molecule has 0 saturated heterocycles. The van der Waals surface area contributed by atoms with Gasteiger partial charge in [0.1, 0.15) is 11.6 Å². The maximum absolute atomic E-state index is 13.2. The van der Waals surface area contributed by atoms with Crippen LogP contribution < -0.4 is 9.64 Å². The van der Waals surface area contributed by atoms with E-state index in [9.17, 15) is 4.79 Å². The van der Waals surface area contributed by atoms with Gasteiger partial charge in [0.05, 0.1) is 13.2 Å². The molecule has 0 spiro atoms. The lowest BCUT2D eigenvalue weighted by atomic mass is 10.0. The van der Waals surface area contributed by atoms with Gasteiger partial charge in [-0.1, -0.05) is 44.2 Å². The van der Waals surface area contributed by atoms with Gasteiger partial charge in [0, 0.05) is 11.8 Å². The van der Waals surface area contributed by atoms with Crippen LogP contribution in [-0.4, -0.2) is 17.5 Å². The number of aromatic nitrogens is 1. The molecule has 0 aliphatic carbocycles. The number of amides is 1. The fourth-order valence-corrected chi connectivity index (χ4v) is 2.98. The Morgan fingerprint density at radius 2 is 1.71 bits per heavy atom. The van der Waals surface area contributed by atoms with Gasteiger partial charge in [-0.05, 0) is 60.4 Å². The molecule has 0 fully saturated rings. The topological polar surface area (TPSA) is 42.4 Å². The van der Waals surface area contributed by atoms with Crippen molar-refractivity contribution in [3.63, 3.8) is 0 Å². The Morgan fingerprint density at radius 3 is 2.29 bits per heavy atom. The van der Waals surface area contributed by atoms with Crippen LogP contribution >= 0.6 is 0 Å². The quantitative estimate of drug-likeness (QED) is 0.552. The number of nitrogens with zero attached hydrogens (tertiary/aromatic N) is 2. The van der Waals surface area contributed by atoms with Crippen LogP contribution in [0.3, 0.4) is 0 Å². The molecule has 1 amide bonds. The first kappa shape index (κ1) is 19.6. The van der Waals surface area contributed by atoms with Crippen molar-refractivity contribution in [2.24, 2.45) is 0 Å². The van der Waals surface area contributed by atoms with Crippen molar-refractivity contribution in [1.29, 1.82) is 0 Å². The number of benzene rings is 2. The van der Waals surface area contributed by atoms with Gasteiger partial charge in [-0.25, -0.2) is 4.98 Å². The van der Waals surface area contributed by atoms with Crippen LogP contribution in [0.15, 0.2) is 72.9 Å². The maximum atomic E-state index is 13.2. The second kappa shape index (κ2) is 9.18. The zero-order chi connectivity index (χ0) is 19.9. The third kappa shape index (κ3) is 4.77. The molecule has 3 aromatic rings. The molecule has 1 heterocycles. The lowest BCUT2D eigenvalue weighted by molar-refractivity contribution is 0.0984. The van der Waals surface area contributed by atoms with Crippen molar-refractivity contribution in [2.75, 3.05) is 11.5 Å². The summed E-state index contributed by atoms with van der Waals surface area (Å²) in [5.41, 5.74) is 2.95. The van der Waals surface area contributed by atoms with E-state index in [1.807, 2.05) is 37.3 Å². The fourth-order valence-electron chi connectivity index (χ4n) is 2.98. The summed E-state index contributed by atoms with van der Waals surface area (Å²) in [4.78, 5) is 19.3. The molecule has 0 unspecified atom stereocenters. The molecule has 0 aliphatic heterocycles. The molecule has 1 aromatic heterocycles. The second-order valence-corrected chi connectivity index (χ2v) is 6.93. The Hall–Kier alpha value is -3.14. The molecule has 4 nitrogen and oxygen atoms in total. The van der Waals surface area contributed by atoms with Crippen LogP contribution in [0.1, 0.15) is 48.2 Å². The van der Waals surface area contributed by atoms with Crippen LogP contribution in [-0.2, 0) is 6.54 Å². The van der Waals surface area contributed by atoms with Gasteiger partial charge in [-0.15, -0.1) is 0 Å². The SMILES string of the molecule is CCOc1ccc(C(=O)N(Cc2ccc(C(C)C)cc2)c2ccccn2)cc1. The number of ether oxygens (including phenoxy) is 1. The van der Waals surface area contributed by atoms with E-state index < -0.39 is 0 Å². The molecule has 2 aromatic carbocycles. The van der Waals surface area contributed by atoms with E-state index in [1.165, 1.54) is 5.56 Å². The van der Waals surface area contributed by atoms with Crippen LogP contribution in [0, 0.1) is 0 Å². The summed E-state index contributed by atoms with van der Waals surface area (Å²) in [5.74, 6) is 1.78. The summed E-state index contributed by atoms with van der Waals surface area (Å²) < 4.78 is 5.47. The van der Waals surface area contributed by atoms with Crippen molar-refractivity contribution in [3.8, 4) is 5.75 Å². The smallest absolute Gasteiger partial charge is 0.259 e. The summed E-state index contributed by atoms with van der Waals surface area (Å²) in [6.07, 6.45) is 1.70. The number of hydrogen-bond acceptors (Lipinski definition) is 3. The number of rotatable bonds is 7. The lowest BCUT2D eigenvalue weighted by Crippen LogP contribution is -2.31. The zero-order valence-corrected chi connectivity index (χ0v) is 16.6. The molecular formula is C24H26N2O2. The standard InChI is InChI=1S/C24H26N2O2/c1-4-28-22-14-12-21(13-15-22)24(27)26(23-7-5-6-16-25-23)17-19-8-10-20(11-9-19)18(2)3/h5-16,18H,4,17H2,1-3H3. The zero-order valence-electron chi connectivity index (χ0n) is 16.6. The largest absolute Gasteiger partial charge is 0.494 e. The van der Waals surface area contributed by atoms with Gasteiger partial charge in [-0.3, -0.25) is 9.69 Å². The molecular weight excluding hydrogens is 348 g/mol. The average Bonchev–Trinajstić information content (AvgIpc) is 2.73. The molecule has 3 rings (SSSR count). The first-order valence-electron chi connectivity index (χ1n) is 9.63. The monoisotopic (exact) mass is 374 g/mol. The predicted octanol–water partition coefficient (Wildman–Crippen LogP) is 5.45. The van der Waals surface area contributed by atoms with Crippen molar-refractivity contribution in [3.05, 3.63) is 89.6 Å². The van der Waals surface area contributed by atoms with E-state index in [0.29, 0.717) is 30.5 Å². The Balaban J connectivity index is 1.87. The highest BCUT2D eigenvalue weighted by molar-refractivity contribution is 6.05. The highest BCUT2D eigenvalue weighted by Crippen LogP contribution is 2.21. The van der Waals surface area contributed by atoms with Crippen LogP contribution in [0.5, 0.6) is 5.75 Å². The molecule has 4 heteroatoms. The molecule has 28 heavy (non-hydrogen) atoms. The minimum Gasteiger partial charge on any atom is -0.494 e. The van der Waals surface area contributed by atoms with Crippen molar-refractivity contribution >= 4 is 11.7 Å². The first-order valence-corrected chi connectivity index (χ1v) is 9.63. The van der Waals surface area contributed by atoms with Crippen molar-refractivity contribution in [1.82, 2.24) is 4.98 Å². The summed E-state index contributed by atoms with van der Waals surface area (Å²) in [6.45, 7) is 7.34. The number of anilines is 1. The molecule has 0 saturated carbocycles. The van der Waals surface area contributed by atoms with E-state index in [2.05, 4.69) is 43.1 Å². The second-order valence-electron chi connectivity index (χ2n) is 6.93. The van der Waals surface area contributed by atoms with E-state index in [0.717, 1.165) is 11.3 Å². The van der Waals surface area contributed by atoms with Gasteiger partial charge >= 0.3 is 0 Å². The van der Waals surface area contributed by atoms with Gasteiger partial charge in [0.25, 0.3) is 5.91 Å². The van der Waals surface area contributed by atoms with Gasteiger partial charge in [0.2, 0.25) is 0 Å². The first-order chi connectivity index (χ1) is 13.6. The van der Waals surface area contributed by atoms with E-state index >= 15 is 0 Å². The molecule has 0 radical (unpaired) electrons. The molecule has 144 valence electrons. The molecule has 0 atom stereocenters. The summed E-state index contributed by atoms with van der Waals surface area (Å²) in [7, 11) is 0. The maximum Gasteiger partial charge on any atom is 0.259 e. The number of carbonyl (C=O) groups excluding carboxylic acids is 1. The van der Waals surface area contributed by atoms with Crippen LogP contribution in [0.25, 0.3) is 0 Å². The van der Waals surface area contributed by atoms with Gasteiger partial charge in [0.15, 0.2) is 0 Å². The van der Waals surface area contributed by atoms with E-state index in [4.69, 9.17) is 4.74 Å². The third-order valence-electron chi connectivity index (χ3n) is 4.57. The van der Waals surface area contributed by atoms with Crippen LogP contribution in [0.2, 0.25) is 0 Å². The number of hydrogen-bond donors (Lipinski definition) is 0. The third-order valence-corrected chi connectivity index (χ3v) is 4.57. The van der Waals surface area contributed by atoms with Gasteiger partial charge < -0.3 is 4.74 Å². The van der Waals surface area contributed by atoms with E-state index in [1.54, 1.807) is 23.2 Å². The highest BCUT2D eigenvalue weighted by Gasteiger charge is 2.19. The summed E-state index contributed by atoms with van der Waals surface area (Å²) in [5, 5.41) is 0. The van der Waals surface area contributed by atoms with Crippen molar-refractivity contribution in [2.45, 2.75) is 33.2 Å². The highest BCUT2D eigenvalue weighted by atomic mass is 16.5. The molecule has 0 N–H and O–H groups in total. The van der Waals surface area contributed by atoms with Crippen LogP contribution in [0.4, 0.5) is 5.82 Å². The Morgan fingerprint density at radius 1 is 1.00 bits per heavy atom. The normalized spacial score (nSPS) is 10.7. The average molecular weight is 374 g/mol. The Kier molecular flexibility index (Phi) is 6.43. The predicted molar refractivity (Wildman–Crippen MR) is 113 cm³/mol. The van der Waals surface area contributed by atoms with Gasteiger partial charge in [-0.2, -0.15) is 0 Å². The van der Waals surface area contributed by atoms with E-state index in [-0.39, 0.29) is 5.91 Å². The molecule has 0 aliphatic rings.